The van der Waals surface area contributed by atoms with Crippen molar-refractivity contribution in [1.82, 2.24) is 34.6 Å². The Hall–Kier alpha value is -4.20. The number of benzene rings is 1. The Morgan fingerprint density at radius 1 is 1.07 bits per heavy atom. The first-order valence-electron chi connectivity index (χ1n) is 15.9. The average molecular weight is 650 g/mol. The topological polar surface area (TPSA) is 149 Å². The minimum Gasteiger partial charge on any atom is -0.444 e. The number of imidazole rings is 1. The highest BCUT2D eigenvalue weighted by molar-refractivity contribution is 7.91. The molecular formula is C32H43N9O4S. The van der Waals surface area contributed by atoms with Gasteiger partial charge in [0.2, 0.25) is 5.95 Å². The lowest BCUT2D eigenvalue weighted by Crippen LogP contribution is -2.40. The number of nitrogens with one attached hydrogen (secondary N) is 2. The number of aromatic nitrogens is 6. The van der Waals surface area contributed by atoms with Crippen molar-refractivity contribution in [3.05, 3.63) is 54.6 Å². The van der Waals surface area contributed by atoms with Crippen LogP contribution in [-0.4, -0.2) is 80.0 Å². The Morgan fingerprint density at radius 2 is 1.80 bits per heavy atom. The van der Waals surface area contributed by atoms with Crippen LogP contribution in [0.1, 0.15) is 71.5 Å². The second kappa shape index (κ2) is 12.5. The van der Waals surface area contributed by atoms with Gasteiger partial charge in [0.15, 0.2) is 17.0 Å². The Morgan fingerprint density at radius 3 is 2.50 bits per heavy atom. The van der Waals surface area contributed by atoms with E-state index in [0.29, 0.717) is 48.9 Å². The number of rotatable bonds is 8. The minimum absolute atomic E-state index is 0.0940. The molecule has 1 aromatic carbocycles. The molecule has 6 rings (SSSR count). The number of fused-ring (bicyclic) bond motifs is 1. The smallest absolute Gasteiger partial charge is 0.407 e. The Labute approximate surface area is 269 Å². The Bertz CT molecular complexity index is 1780. The summed E-state index contributed by atoms with van der Waals surface area (Å²) in [7, 11) is -3.00. The van der Waals surface area contributed by atoms with Gasteiger partial charge in [-0.2, -0.15) is 15.1 Å². The van der Waals surface area contributed by atoms with Crippen LogP contribution in [0.2, 0.25) is 0 Å². The van der Waals surface area contributed by atoms with Crippen molar-refractivity contribution >= 4 is 44.5 Å². The van der Waals surface area contributed by atoms with Gasteiger partial charge in [-0.15, -0.1) is 0 Å². The molecule has 1 amide bonds. The van der Waals surface area contributed by atoms with Gasteiger partial charge < -0.3 is 24.8 Å². The van der Waals surface area contributed by atoms with E-state index in [4.69, 9.17) is 19.8 Å². The molecule has 3 aromatic heterocycles. The average Bonchev–Trinajstić information content (AvgIpc) is 3.74. The van der Waals surface area contributed by atoms with Gasteiger partial charge in [0, 0.05) is 25.3 Å². The van der Waals surface area contributed by atoms with Gasteiger partial charge in [-0.25, -0.2) is 18.2 Å². The molecule has 2 N–H and O–H groups in total. The number of sulfone groups is 1. The van der Waals surface area contributed by atoms with E-state index in [1.165, 1.54) is 0 Å². The molecule has 0 bridgehead atoms. The lowest BCUT2D eigenvalue weighted by Gasteiger charge is -2.30. The molecular weight excluding hydrogens is 606 g/mol. The first kappa shape index (κ1) is 31.8. The van der Waals surface area contributed by atoms with Gasteiger partial charge in [0.1, 0.15) is 15.4 Å². The summed E-state index contributed by atoms with van der Waals surface area (Å²) >= 11 is 0. The summed E-state index contributed by atoms with van der Waals surface area (Å²) in [5, 5.41) is 11.2. The van der Waals surface area contributed by atoms with Crippen LogP contribution >= 0.6 is 0 Å². The van der Waals surface area contributed by atoms with E-state index in [9.17, 15) is 13.2 Å². The van der Waals surface area contributed by atoms with E-state index in [1.54, 1.807) is 12.5 Å². The first-order valence-corrected chi connectivity index (χ1v) is 17.7. The van der Waals surface area contributed by atoms with Crippen molar-refractivity contribution < 1.29 is 17.9 Å². The molecule has 2 aliphatic heterocycles. The number of nitrogens with zero attached hydrogens (tertiary/aromatic N) is 7. The lowest BCUT2D eigenvalue weighted by molar-refractivity contribution is 0.0509. The zero-order valence-corrected chi connectivity index (χ0v) is 27.9. The maximum absolute atomic E-state index is 12.4. The van der Waals surface area contributed by atoms with Crippen molar-refractivity contribution in [1.29, 1.82) is 0 Å². The maximum Gasteiger partial charge on any atom is 0.407 e. The first-order chi connectivity index (χ1) is 21.8. The van der Waals surface area contributed by atoms with Gasteiger partial charge in [0.05, 0.1) is 41.8 Å². The number of carbonyl (C=O) groups excluding carboxylic acids is 1. The fourth-order valence-corrected chi connectivity index (χ4v) is 7.78. The van der Waals surface area contributed by atoms with Crippen LogP contribution in [0.25, 0.3) is 11.2 Å². The molecule has 2 saturated heterocycles. The highest BCUT2D eigenvalue weighted by Gasteiger charge is 2.33. The summed E-state index contributed by atoms with van der Waals surface area (Å²) in [5.41, 5.74) is 2.61. The molecule has 1 unspecified atom stereocenters. The molecule has 2 aliphatic rings. The molecule has 13 nitrogen and oxygen atoms in total. The summed E-state index contributed by atoms with van der Waals surface area (Å²) in [5.74, 6) is 1.62. The van der Waals surface area contributed by atoms with Gasteiger partial charge >= 0.3 is 6.09 Å². The SMILES string of the molecule is CC(C)n1cnc2c(Nc3cnn(C(c4ccccc4)C4CCS(=O)(=O)CC4)c3)nc(N3CC[C@H](NC(=O)OC(C)(C)C)C3)nc21. The molecule has 4 aromatic rings. The maximum atomic E-state index is 12.4. The van der Waals surface area contributed by atoms with Crippen LogP contribution in [-0.2, 0) is 14.6 Å². The summed E-state index contributed by atoms with van der Waals surface area (Å²) in [6.45, 7) is 10.9. The molecule has 2 atom stereocenters. The molecule has 0 spiro atoms. The van der Waals surface area contributed by atoms with Gasteiger partial charge in [-0.3, -0.25) is 4.68 Å². The van der Waals surface area contributed by atoms with Crippen molar-refractivity contribution in [2.45, 2.75) is 77.6 Å². The van der Waals surface area contributed by atoms with Crippen molar-refractivity contribution in [3.8, 4) is 0 Å². The number of anilines is 3. The highest BCUT2D eigenvalue weighted by atomic mass is 32.2. The van der Waals surface area contributed by atoms with Gasteiger partial charge in [0.25, 0.3) is 0 Å². The molecule has 0 aliphatic carbocycles. The summed E-state index contributed by atoms with van der Waals surface area (Å²) < 4.78 is 33.8. The lowest BCUT2D eigenvalue weighted by atomic mass is 9.88. The Kier molecular flexibility index (Phi) is 8.66. The fourth-order valence-electron chi connectivity index (χ4n) is 6.25. The molecule has 0 radical (unpaired) electrons. The van der Waals surface area contributed by atoms with Crippen LogP contribution in [0, 0.1) is 5.92 Å². The van der Waals surface area contributed by atoms with E-state index in [0.717, 1.165) is 17.7 Å². The molecule has 14 heteroatoms. The number of hydrogen-bond acceptors (Lipinski definition) is 10. The third-order valence-electron chi connectivity index (χ3n) is 8.49. The summed E-state index contributed by atoms with van der Waals surface area (Å²) in [4.78, 5) is 29.0. The molecule has 2 fully saturated rings. The largest absolute Gasteiger partial charge is 0.444 e. The number of hydrogen-bond donors (Lipinski definition) is 2. The second-order valence-electron chi connectivity index (χ2n) is 13.5. The van der Waals surface area contributed by atoms with E-state index in [1.807, 2.05) is 54.4 Å². The predicted octanol–water partition coefficient (Wildman–Crippen LogP) is 4.86. The predicted molar refractivity (Wildman–Crippen MR) is 177 cm³/mol. The van der Waals surface area contributed by atoms with Crippen LogP contribution in [0.15, 0.2) is 49.1 Å². The number of carbonyl (C=O) groups is 1. The normalized spacial score (nSPS) is 19.4. The Balaban J connectivity index is 1.27. The standard InChI is InChI=1S/C32H43N9O4S/c1-21(2)40-20-33-26-28(37-30(38-29(26)40)39-14-11-24(18-39)36-31(42)45-32(3,4)5)35-25-17-34-41(19-25)27(22-9-7-6-8-10-22)23-12-15-46(43,44)16-13-23/h6-10,17,19-21,23-24,27H,11-16,18H2,1-5H3,(H,36,42)(H,35,37,38)/t24-,27?/m0/s1. The monoisotopic (exact) mass is 649 g/mol. The summed E-state index contributed by atoms with van der Waals surface area (Å²) in [6, 6.07) is 10.1. The van der Waals surface area contributed by atoms with Crippen LogP contribution in [0.4, 0.5) is 22.2 Å². The third kappa shape index (κ3) is 7.11. The van der Waals surface area contributed by atoms with Crippen molar-refractivity contribution in [2.75, 3.05) is 34.8 Å². The fraction of sp³-hybridized carbons (Fsp3) is 0.531. The quantitative estimate of drug-likeness (QED) is 0.271. The van der Waals surface area contributed by atoms with E-state index in [-0.39, 0.29) is 35.5 Å². The molecule has 5 heterocycles. The van der Waals surface area contributed by atoms with Gasteiger partial charge in [-0.05, 0) is 65.4 Å². The number of ether oxygens (including phenoxy) is 1. The van der Waals surface area contributed by atoms with E-state index < -0.39 is 21.5 Å². The second-order valence-corrected chi connectivity index (χ2v) is 15.9. The minimum atomic E-state index is -3.00. The van der Waals surface area contributed by atoms with E-state index >= 15 is 0 Å². The zero-order valence-electron chi connectivity index (χ0n) is 27.0. The molecule has 246 valence electrons. The van der Waals surface area contributed by atoms with Crippen LogP contribution in [0.3, 0.4) is 0 Å². The number of alkyl carbamates (subject to hydrolysis) is 1. The van der Waals surface area contributed by atoms with Crippen LogP contribution in [0.5, 0.6) is 0 Å². The number of amides is 1. The zero-order chi connectivity index (χ0) is 32.6. The van der Waals surface area contributed by atoms with Crippen molar-refractivity contribution in [3.63, 3.8) is 0 Å². The highest BCUT2D eigenvalue weighted by Crippen LogP contribution is 2.36. The van der Waals surface area contributed by atoms with Crippen LogP contribution < -0.4 is 15.5 Å². The van der Waals surface area contributed by atoms with E-state index in [2.05, 4.69) is 46.5 Å². The van der Waals surface area contributed by atoms with Crippen molar-refractivity contribution in [2.24, 2.45) is 5.92 Å². The summed E-state index contributed by atoms with van der Waals surface area (Å²) in [6.07, 6.45) is 6.98. The van der Waals surface area contributed by atoms with Gasteiger partial charge in [-0.1, -0.05) is 30.3 Å². The molecule has 0 saturated carbocycles. The molecule has 46 heavy (non-hydrogen) atoms. The third-order valence-corrected chi connectivity index (χ3v) is 10.2.